The van der Waals surface area contributed by atoms with Crippen molar-refractivity contribution in [3.8, 4) is 0 Å². The second-order valence-electron chi connectivity index (χ2n) is 4.68. The highest BCUT2D eigenvalue weighted by Crippen LogP contribution is 2.32. The topological polar surface area (TPSA) is 26.0 Å². The molecule has 3 rings (SSSR count). The minimum atomic E-state index is 0.320. The second-order valence-corrected chi connectivity index (χ2v) is 6.93. The zero-order valence-corrected chi connectivity index (χ0v) is 11.4. The van der Waals surface area contributed by atoms with Crippen molar-refractivity contribution in [1.29, 1.82) is 0 Å². The molecule has 17 heavy (non-hydrogen) atoms. The number of thioether (sulfide) groups is 1. The molecule has 0 radical (unpaired) electrons. The van der Waals surface area contributed by atoms with Crippen LogP contribution in [0.5, 0.6) is 0 Å². The Morgan fingerprint density at radius 2 is 2.24 bits per heavy atom. The molecule has 2 N–H and O–H groups in total. The third-order valence-electron chi connectivity index (χ3n) is 3.46. The fourth-order valence-electron chi connectivity index (χ4n) is 2.52. The van der Waals surface area contributed by atoms with E-state index in [1.54, 1.807) is 0 Å². The number of benzene rings is 1. The molecule has 3 heteroatoms. The summed E-state index contributed by atoms with van der Waals surface area (Å²) < 4.78 is 1.38. The maximum absolute atomic E-state index is 6.35. The molecule has 1 aliphatic heterocycles. The Kier molecular flexibility index (Phi) is 3.41. The van der Waals surface area contributed by atoms with Gasteiger partial charge in [-0.2, -0.15) is 11.8 Å². The van der Waals surface area contributed by atoms with Gasteiger partial charge in [-0.15, -0.1) is 11.3 Å². The lowest BCUT2D eigenvalue weighted by molar-refractivity contribution is 0.611. The Morgan fingerprint density at radius 3 is 3.06 bits per heavy atom. The molecule has 90 valence electrons. The SMILES string of the molecule is NC(Cc1csc2ccccc12)C1CCCS1. The maximum atomic E-state index is 6.35. The average molecular weight is 263 g/mol. The van der Waals surface area contributed by atoms with E-state index in [9.17, 15) is 0 Å². The van der Waals surface area contributed by atoms with E-state index in [1.165, 1.54) is 34.2 Å². The molecule has 0 saturated carbocycles. The summed E-state index contributed by atoms with van der Waals surface area (Å²) in [6.45, 7) is 0. The molecule has 1 aliphatic rings. The van der Waals surface area contributed by atoms with Crippen molar-refractivity contribution in [2.45, 2.75) is 30.6 Å². The van der Waals surface area contributed by atoms with E-state index < -0.39 is 0 Å². The van der Waals surface area contributed by atoms with Gasteiger partial charge in [0.25, 0.3) is 0 Å². The summed E-state index contributed by atoms with van der Waals surface area (Å²) in [5.41, 5.74) is 7.78. The Labute approximate surface area is 110 Å². The molecule has 0 spiro atoms. The molecular formula is C14H17NS2. The third-order valence-corrected chi connectivity index (χ3v) is 6.01. The molecule has 2 heterocycles. The molecule has 0 aliphatic carbocycles. The number of hydrogen-bond acceptors (Lipinski definition) is 3. The van der Waals surface area contributed by atoms with E-state index in [-0.39, 0.29) is 0 Å². The standard InChI is InChI=1S/C14H17NS2/c15-12(14-6-3-7-16-14)8-10-9-17-13-5-2-1-4-11(10)13/h1-2,4-5,9,12,14H,3,6-8,15H2. The van der Waals surface area contributed by atoms with Crippen LogP contribution >= 0.6 is 23.1 Å². The summed E-state index contributed by atoms with van der Waals surface area (Å²) in [5, 5.41) is 4.36. The lowest BCUT2D eigenvalue weighted by atomic mass is 10.0. The van der Waals surface area contributed by atoms with Gasteiger partial charge in [-0.3, -0.25) is 0 Å². The van der Waals surface area contributed by atoms with Crippen molar-refractivity contribution in [2.75, 3.05) is 5.75 Å². The Bertz CT molecular complexity index is 500. The molecule has 1 nitrogen and oxygen atoms in total. The molecule has 2 aromatic rings. The van der Waals surface area contributed by atoms with Gasteiger partial charge in [0.15, 0.2) is 0 Å². The number of thiophene rings is 1. The van der Waals surface area contributed by atoms with Crippen LogP contribution in [0.4, 0.5) is 0 Å². The normalized spacial score (nSPS) is 22.1. The van der Waals surface area contributed by atoms with Crippen molar-refractivity contribution in [1.82, 2.24) is 0 Å². The Balaban J connectivity index is 1.80. The van der Waals surface area contributed by atoms with Gasteiger partial charge < -0.3 is 5.73 Å². The molecule has 1 aromatic heterocycles. The zero-order valence-electron chi connectivity index (χ0n) is 9.76. The van der Waals surface area contributed by atoms with Gasteiger partial charge in [-0.1, -0.05) is 18.2 Å². The van der Waals surface area contributed by atoms with Crippen LogP contribution < -0.4 is 5.73 Å². The molecule has 2 atom stereocenters. The number of fused-ring (bicyclic) bond motifs is 1. The van der Waals surface area contributed by atoms with Gasteiger partial charge in [-0.25, -0.2) is 0 Å². The number of nitrogens with two attached hydrogens (primary N) is 1. The molecule has 0 bridgehead atoms. The van der Waals surface area contributed by atoms with E-state index in [2.05, 4.69) is 41.4 Å². The van der Waals surface area contributed by atoms with Crippen LogP contribution in [0.15, 0.2) is 29.6 Å². The summed E-state index contributed by atoms with van der Waals surface area (Å²) in [4.78, 5) is 0. The van der Waals surface area contributed by atoms with Crippen molar-refractivity contribution in [2.24, 2.45) is 5.73 Å². The lowest BCUT2D eigenvalue weighted by Crippen LogP contribution is -2.32. The first-order valence-corrected chi connectivity index (χ1v) is 8.10. The fourth-order valence-corrected chi connectivity index (χ4v) is 4.80. The summed E-state index contributed by atoms with van der Waals surface area (Å²) in [7, 11) is 0. The van der Waals surface area contributed by atoms with Gasteiger partial charge in [-0.05, 0) is 47.4 Å². The van der Waals surface area contributed by atoms with E-state index >= 15 is 0 Å². The van der Waals surface area contributed by atoms with Gasteiger partial charge in [0.1, 0.15) is 0 Å². The minimum absolute atomic E-state index is 0.320. The van der Waals surface area contributed by atoms with Gasteiger partial charge in [0.2, 0.25) is 0 Å². The minimum Gasteiger partial charge on any atom is -0.326 e. The first-order chi connectivity index (χ1) is 8.34. The summed E-state index contributed by atoms with van der Waals surface area (Å²) >= 11 is 3.89. The summed E-state index contributed by atoms with van der Waals surface area (Å²) in [6, 6.07) is 8.96. The monoisotopic (exact) mass is 263 g/mol. The Morgan fingerprint density at radius 1 is 1.35 bits per heavy atom. The van der Waals surface area contributed by atoms with Crippen molar-refractivity contribution in [3.05, 3.63) is 35.2 Å². The first kappa shape index (κ1) is 11.6. The van der Waals surface area contributed by atoms with Crippen LogP contribution in [0.25, 0.3) is 10.1 Å². The smallest absolute Gasteiger partial charge is 0.0345 e. The molecule has 0 amide bonds. The van der Waals surface area contributed by atoms with Crippen molar-refractivity contribution < 1.29 is 0 Å². The van der Waals surface area contributed by atoms with Gasteiger partial charge >= 0.3 is 0 Å². The van der Waals surface area contributed by atoms with E-state index in [4.69, 9.17) is 5.73 Å². The molecule has 1 fully saturated rings. The van der Waals surface area contributed by atoms with Crippen LogP contribution in [0, 0.1) is 0 Å². The fraction of sp³-hybridized carbons (Fsp3) is 0.429. The number of rotatable bonds is 3. The number of hydrogen-bond donors (Lipinski definition) is 1. The van der Waals surface area contributed by atoms with E-state index in [0.717, 1.165) is 6.42 Å². The van der Waals surface area contributed by atoms with Crippen LogP contribution in [-0.4, -0.2) is 17.0 Å². The highest BCUT2D eigenvalue weighted by molar-refractivity contribution is 8.00. The van der Waals surface area contributed by atoms with E-state index in [0.29, 0.717) is 11.3 Å². The largest absolute Gasteiger partial charge is 0.326 e. The second kappa shape index (κ2) is 5.01. The molecule has 2 unspecified atom stereocenters. The van der Waals surface area contributed by atoms with E-state index in [1.807, 2.05) is 11.3 Å². The predicted octanol–water partition coefficient (Wildman–Crippen LogP) is 3.67. The van der Waals surface area contributed by atoms with Gasteiger partial charge in [0.05, 0.1) is 0 Å². The predicted molar refractivity (Wildman–Crippen MR) is 79.0 cm³/mol. The highest BCUT2D eigenvalue weighted by Gasteiger charge is 2.23. The van der Waals surface area contributed by atoms with Crippen LogP contribution in [0.2, 0.25) is 0 Å². The summed E-state index contributed by atoms with van der Waals surface area (Å²) in [6.07, 6.45) is 3.67. The van der Waals surface area contributed by atoms with Crippen LogP contribution in [0.3, 0.4) is 0 Å². The quantitative estimate of drug-likeness (QED) is 0.914. The van der Waals surface area contributed by atoms with Crippen molar-refractivity contribution in [3.63, 3.8) is 0 Å². The average Bonchev–Trinajstić information content (AvgIpc) is 2.98. The van der Waals surface area contributed by atoms with Crippen LogP contribution in [0.1, 0.15) is 18.4 Å². The highest BCUT2D eigenvalue weighted by atomic mass is 32.2. The summed E-state index contributed by atoms with van der Waals surface area (Å²) in [5.74, 6) is 1.29. The molecule has 1 saturated heterocycles. The molecular weight excluding hydrogens is 246 g/mol. The van der Waals surface area contributed by atoms with Crippen molar-refractivity contribution >= 4 is 33.2 Å². The molecule has 1 aromatic carbocycles. The first-order valence-electron chi connectivity index (χ1n) is 6.17. The lowest BCUT2D eigenvalue weighted by Gasteiger charge is -2.17. The Hall–Kier alpha value is -0.510. The van der Waals surface area contributed by atoms with Gasteiger partial charge in [0, 0.05) is 16.0 Å². The third kappa shape index (κ3) is 2.37. The maximum Gasteiger partial charge on any atom is 0.0345 e. The zero-order chi connectivity index (χ0) is 11.7. The van der Waals surface area contributed by atoms with Crippen LogP contribution in [-0.2, 0) is 6.42 Å².